The Labute approximate surface area is 144 Å². The van der Waals surface area contributed by atoms with E-state index in [4.69, 9.17) is 0 Å². The molecule has 1 N–H and O–H groups in total. The first-order chi connectivity index (χ1) is 12.4. The van der Waals surface area contributed by atoms with Gasteiger partial charge in [-0.15, -0.1) is 15.3 Å². The van der Waals surface area contributed by atoms with Crippen LogP contribution in [0, 0.1) is 5.92 Å². The molecule has 25 heavy (non-hydrogen) atoms. The quantitative estimate of drug-likeness (QED) is 0.618. The van der Waals surface area contributed by atoms with E-state index in [1.165, 1.54) is 5.39 Å². The number of fused-ring (bicyclic) bond motifs is 2. The lowest BCUT2D eigenvalue weighted by atomic mass is 10.00. The normalized spacial score (nSPS) is 14.8. The van der Waals surface area contributed by atoms with Gasteiger partial charge in [0.1, 0.15) is 12.1 Å². The summed E-state index contributed by atoms with van der Waals surface area (Å²) in [6, 6.07) is 14.2. The fourth-order valence-electron chi connectivity index (χ4n) is 3.28. The van der Waals surface area contributed by atoms with E-state index in [-0.39, 0.29) is 0 Å². The van der Waals surface area contributed by atoms with Gasteiger partial charge >= 0.3 is 0 Å². The number of hydrogen-bond donors (Lipinski definition) is 1. The summed E-state index contributed by atoms with van der Waals surface area (Å²) in [6.07, 6.45) is 3.49. The molecule has 0 radical (unpaired) electrons. The van der Waals surface area contributed by atoms with Crippen LogP contribution in [0.3, 0.4) is 0 Å². The highest BCUT2D eigenvalue weighted by Gasteiger charge is 2.28. The van der Waals surface area contributed by atoms with Crippen molar-refractivity contribution < 1.29 is 0 Å². The van der Waals surface area contributed by atoms with Gasteiger partial charge in [0.25, 0.3) is 0 Å². The number of anilines is 2. The molecule has 0 spiro atoms. The Morgan fingerprint density at radius 2 is 2.00 bits per heavy atom. The van der Waals surface area contributed by atoms with Crippen LogP contribution in [0.15, 0.2) is 55.0 Å². The molecule has 1 aliphatic heterocycles. The van der Waals surface area contributed by atoms with Crippen LogP contribution < -0.4 is 10.2 Å². The van der Waals surface area contributed by atoms with Crippen LogP contribution in [0.2, 0.25) is 0 Å². The minimum Gasteiger partial charge on any atom is -0.384 e. The molecule has 0 amide bonds. The molecule has 3 aromatic heterocycles. The summed E-state index contributed by atoms with van der Waals surface area (Å²) >= 11 is 0. The lowest BCUT2D eigenvalue weighted by Gasteiger charge is -2.40. The molecule has 0 atom stereocenters. The Hall–Kier alpha value is -3.22. The number of nitrogens with one attached hydrogen (secondary N) is 1. The molecule has 124 valence electrons. The third-order valence-corrected chi connectivity index (χ3v) is 4.66. The molecule has 7 nitrogen and oxygen atoms in total. The zero-order valence-corrected chi connectivity index (χ0v) is 13.6. The Bertz CT molecular complexity index is 1030. The van der Waals surface area contributed by atoms with Gasteiger partial charge in [-0.05, 0) is 24.3 Å². The third kappa shape index (κ3) is 2.53. The average Bonchev–Trinajstić information content (AvgIpc) is 3.08. The highest BCUT2D eigenvalue weighted by Crippen LogP contribution is 2.25. The van der Waals surface area contributed by atoms with Crippen molar-refractivity contribution >= 4 is 28.1 Å². The van der Waals surface area contributed by atoms with E-state index in [9.17, 15) is 0 Å². The summed E-state index contributed by atoms with van der Waals surface area (Å²) in [5, 5.41) is 17.1. The molecule has 0 unspecified atom stereocenters. The van der Waals surface area contributed by atoms with Crippen molar-refractivity contribution in [1.29, 1.82) is 0 Å². The molecule has 0 saturated carbocycles. The first-order valence-electron chi connectivity index (χ1n) is 8.36. The highest BCUT2D eigenvalue weighted by molar-refractivity contribution is 5.90. The van der Waals surface area contributed by atoms with Crippen molar-refractivity contribution in [2.24, 2.45) is 5.92 Å². The van der Waals surface area contributed by atoms with Gasteiger partial charge in [0.15, 0.2) is 5.65 Å². The van der Waals surface area contributed by atoms with Gasteiger partial charge < -0.3 is 10.2 Å². The molecule has 0 aliphatic carbocycles. The molecule has 1 saturated heterocycles. The second-order valence-corrected chi connectivity index (χ2v) is 6.35. The molecule has 0 bridgehead atoms. The molecule has 1 fully saturated rings. The largest absolute Gasteiger partial charge is 0.384 e. The van der Waals surface area contributed by atoms with Crippen LogP contribution in [0.5, 0.6) is 0 Å². The smallest absolute Gasteiger partial charge is 0.177 e. The first-order valence-corrected chi connectivity index (χ1v) is 8.36. The highest BCUT2D eigenvalue weighted by atomic mass is 15.4. The van der Waals surface area contributed by atoms with E-state index >= 15 is 0 Å². The maximum atomic E-state index is 4.54. The SMILES string of the molecule is c1ccc2c(NCC3CN(c4ccc5nncn5n4)C3)ccnc2c1. The lowest BCUT2D eigenvalue weighted by Crippen LogP contribution is -2.50. The second kappa shape index (κ2) is 5.70. The van der Waals surface area contributed by atoms with E-state index in [0.717, 1.165) is 42.3 Å². The average molecular weight is 331 g/mol. The Balaban J connectivity index is 1.24. The van der Waals surface area contributed by atoms with E-state index in [1.54, 1.807) is 10.8 Å². The number of nitrogens with zero attached hydrogens (tertiary/aromatic N) is 6. The van der Waals surface area contributed by atoms with E-state index < -0.39 is 0 Å². The number of hydrogen-bond acceptors (Lipinski definition) is 6. The van der Waals surface area contributed by atoms with Gasteiger partial charge in [0.2, 0.25) is 0 Å². The first kappa shape index (κ1) is 14.2. The summed E-state index contributed by atoms with van der Waals surface area (Å²) in [5.41, 5.74) is 2.94. The van der Waals surface area contributed by atoms with Crippen molar-refractivity contribution in [2.45, 2.75) is 0 Å². The monoisotopic (exact) mass is 331 g/mol. The van der Waals surface area contributed by atoms with Gasteiger partial charge in [-0.2, -0.15) is 4.52 Å². The maximum absolute atomic E-state index is 4.54. The van der Waals surface area contributed by atoms with Gasteiger partial charge in [-0.3, -0.25) is 4.98 Å². The second-order valence-electron chi connectivity index (χ2n) is 6.35. The molecule has 7 heteroatoms. The van der Waals surface area contributed by atoms with Crippen molar-refractivity contribution in [3.8, 4) is 0 Å². The van der Waals surface area contributed by atoms with Gasteiger partial charge in [0.05, 0.1) is 5.52 Å². The zero-order chi connectivity index (χ0) is 16.6. The predicted octanol–water partition coefficient (Wildman–Crippen LogP) is 2.22. The van der Waals surface area contributed by atoms with Gasteiger partial charge in [-0.25, -0.2) is 0 Å². The fraction of sp³-hybridized carbons (Fsp3) is 0.222. The molecule has 4 aromatic rings. The minimum atomic E-state index is 0.602. The predicted molar refractivity (Wildman–Crippen MR) is 96.7 cm³/mol. The van der Waals surface area contributed by atoms with Crippen LogP contribution in [0.25, 0.3) is 16.6 Å². The zero-order valence-electron chi connectivity index (χ0n) is 13.6. The standard InChI is InChI=1S/C18H17N7/c1-2-4-15-14(3-1)16(7-8-19-15)20-9-13-10-24(11-13)18-6-5-17-22-21-12-25(17)23-18/h1-8,12-13H,9-11H2,(H,19,20). The fourth-order valence-corrected chi connectivity index (χ4v) is 3.28. The van der Waals surface area contributed by atoms with Crippen molar-refractivity contribution in [3.05, 3.63) is 55.0 Å². The molecule has 1 aliphatic rings. The molecular weight excluding hydrogens is 314 g/mol. The van der Waals surface area contributed by atoms with Crippen LogP contribution >= 0.6 is 0 Å². The number of para-hydroxylation sites is 1. The van der Waals surface area contributed by atoms with E-state index in [0.29, 0.717) is 5.92 Å². The minimum absolute atomic E-state index is 0.602. The third-order valence-electron chi connectivity index (χ3n) is 4.66. The van der Waals surface area contributed by atoms with E-state index in [1.807, 2.05) is 42.6 Å². The number of rotatable bonds is 4. The Morgan fingerprint density at radius 1 is 1.08 bits per heavy atom. The van der Waals surface area contributed by atoms with Crippen molar-refractivity contribution in [3.63, 3.8) is 0 Å². The van der Waals surface area contributed by atoms with Crippen LogP contribution in [0.4, 0.5) is 11.5 Å². The summed E-state index contributed by atoms with van der Waals surface area (Å²) in [5.74, 6) is 1.57. The molecule has 1 aromatic carbocycles. The van der Waals surface area contributed by atoms with E-state index in [2.05, 4.69) is 36.6 Å². The molecule has 4 heterocycles. The van der Waals surface area contributed by atoms with Gasteiger partial charge in [0, 0.05) is 42.8 Å². The van der Waals surface area contributed by atoms with Gasteiger partial charge in [-0.1, -0.05) is 18.2 Å². The number of aromatic nitrogens is 5. The Kier molecular flexibility index (Phi) is 3.22. The molecular formula is C18H17N7. The number of pyridine rings is 1. The maximum Gasteiger partial charge on any atom is 0.177 e. The van der Waals surface area contributed by atoms with Crippen LogP contribution in [-0.4, -0.2) is 44.4 Å². The van der Waals surface area contributed by atoms with Crippen molar-refractivity contribution in [1.82, 2.24) is 24.8 Å². The Morgan fingerprint density at radius 3 is 2.96 bits per heavy atom. The summed E-state index contributed by atoms with van der Waals surface area (Å²) in [6.45, 7) is 2.94. The van der Waals surface area contributed by atoms with Crippen molar-refractivity contribution in [2.75, 3.05) is 29.9 Å². The number of benzene rings is 1. The van der Waals surface area contributed by atoms with Crippen LogP contribution in [-0.2, 0) is 0 Å². The summed E-state index contributed by atoms with van der Waals surface area (Å²) in [4.78, 5) is 6.68. The molecule has 5 rings (SSSR count). The summed E-state index contributed by atoms with van der Waals surface area (Å²) < 4.78 is 1.71. The van der Waals surface area contributed by atoms with Crippen LogP contribution in [0.1, 0.15) is 0 Å². The topological polar surface area (TPSA) is 71.2 Å². The summed E-state index contributed by atoms with van der Waals surface area (Å²) in [7, 11) is 0. The lowest BCUT2D eigenvalue weighted by molar-refractivity contribution is 0.425.